The van der Waals surface area contributed by atoms with Crippen LogP contribution in [0.25, 0.3) is 0 Å². The summed E-state index contributed by atoms with van der Waals surface area (Å²) in [6.07, 6.45) is 2.03. The molecule has 3 N–H and O–H groups in total. The summed E-state index contributed by atoms with van der Waals surface area (Å²) in [4.78, 5) is 0. The third-order valence-electron chi connectivity index (χ3n) is 3.19. The van der Waals surface area contributed by atoms with E-state index in [2.05, 4.69) is 11.4 Å². The molecular formula is C12H18N2O. The fraction of sp³-hybridized carbons (Fsp3) is 0.500. The van der Waals surface area contributed by atoms with Gasteiger partial charge in [-0.05, 0) is 37.1 Å². The first kappa shape index (κ1) is 10.5. The summed E-state index contributed by atoms with van der Waals surface area (Å²) in [5.74, 6) is 0.986. The van der Waals surface area contributed by atoms with Crippen molar-refractivity contribution < 1.29 is 4.74 Å². The molecule has 1 aliphatic rings. The van der Waals surface area contributed by atoms with Gasteiger partial charge in [-0.15, -0.1) is 0 Å². The van der Waals surface area contributed by atoms with Gasteiger partial charge in [0.25, 0.3) is 0 Å². The van der Waals surface area contributed by atoms with Crippen molar-refractivity contribution >= 4 is 0 Å². The zero-order valence-corrected chi connectivity index (χ0v) is 9.29. The minimum atomic E-state index is 0.203. The van der Waals surface area contributed by atoms with Crippen LogP contribution in [0.1, 0.15) is 23.6 Å². The van der Waals surface area contributed by atoms with E-state index in [0.717, 1.165) is 18.6 Å². The highest BCUT2D eigenvalue weighted by Crippen LogP contribution is 2.34. The van der Waals surface area contributed by atoms with Crippen molar-refractivity contribution in [3.05, 3.63) is 29.3 Å². The van der Waals surface area contributed by atoms with Crippen molar-refractivity contribution in [3.8, 4) is 5.75 Å². The van der Waals surface area contributed by atoms with Crippen molar-refractivity contribution in [2.24, 2.45) is 5.73 Å². The van der Waals surface area contributed by atoms with E-state index in [4.69, 9.17) is 10.5 Å². The van der Waals surface area contributed by atoms with Gasteiger partial charge in [0.15, 0.2) is 0 Å². The summed E-state index contributed by atoms with van der Waals surface area (Å²) in [5, 5.41) is 3.28. The smallest absolute Gasteiger partial charge is 0.122 e. The molecule has 0 radical (unpaired) electrons. The molecule has 2 rings (SSSR count). The minimum Gasteiger partial charge on any atom is -0.496 e. The Morgan fingerprint density at radius 2 is 2.27 bits per heavy atom. The van der Waals surface area contributed by atoms with Gasteiger partial charge in [-0.2, -0.15) is 0 Å². The van der Waals surface area contributed by atoms with Crippen molar-refractivity contribution in [2.75, 3.05) is 14.2 Å². The van der Waals surface area contributed by atoms with Crippen LogP contribution < -0.4 is 15.8 Å². The van der Waals surface area contributed by atoms with Crippen LogP contribution in [-0.2, 0) is 6.42 Å². The molecule has 0 spiro atoms. The molecule has 1 aliphatic carbocycles. The fourth-order valence-electron chi connectivity index (χ4n) is 2.41. The number of hydrogen-bond donors (Lipinski definition) is 2. The maximum atomic E-state index is 6.09. The quantitative estimate of drug-likeness (QED) is 0.765. The van der Waals surface area contributed by atoms with E-state index in [9.17, 15) is 0 Å². The average Bonchev–Trinajstić information content (AvgIpc) is 2.28. The van der Waals surface area contributed by atoms with Crippen LogP contribution >= 0.6 is 0 Å². The molecule has 0 aliphatic heterocycles. The lowest BCUT2D eigenvalue weighted by molar-refractivity contribution is 0.386. The molecule has 0 heterocycles. The summed E-state index contributed by atoms with van der Waals surface area (Å²) < 4.78 is 5.37. The van der Waals surface area contributed by atoms with Gasteiger partial charge in [0.05, 0.1) is 7.11 Å². The van der Waals surface area contributed by atoms with E-state index in [0.29, 0.717) is 0 Å². The molecule has 3 nitrogen and oxygen atoms in total. The second-order valence-corrected chi connectivity index (χ2v) is 4.00. The Hall–Kier alpha value is -1.06. The Bertz CT molecular complexity index is 351. The third kappa shape index (κ3) is 1.73. The Kier molecular flexibility index (Phi) is 2.93. The maximum Gasteiger partial charge on any atom is 0.122 e. The van der Waals surface area contributed by atoms with Crippen LogP contribution in [0.3, 0.4) is 0 Å². The normalized spacial score (nSPS) is 24.7. The molecule has 2 atom stereocenters. The van der Waals surface area contributed by atoms with E-state index >= 15 is 0 Å². The molecule has 0 saturated heterocycles. The van der Waals surface area contributed by atoms with Crippen molar-refractivity contribution in [2.45, 2.75) is 24.9 Å². The van der Waals surface area contributed by atoms with Gasteiger partial charge >= 0.3 is 0 Å². The molecule has 0 bridgehead atoms. The number of rotatable bonds is 2. The summed E-state index contributed by atoms with van der Waals surface area (Å²) >= 11 is 0. The molecule has 0 saturated carbocycles. The van der Waals surface area contributed by atoms with Gasteiger partial charge in [-0.1, -0.05) is 12.1 Å². The van der Waals surface area contributed by atoms with Gasteiger partial charge in [-0.3, -0.25) is 0 Å². The lowest BCUT2D eigenvalue weighted by Gasteiger charge is -2.31. The molecule has 3 heteroatoms. The van der Waals surface area contributed by atoms with Gasteiger partial charge < -0.3 is 15.8 Å². The van der Waals surface area contributed by atoms with Crippen LogP contribution in [-0.4, -0.2) is 20.2 Å². The number of nitrogens with two attached hydrogens (primary N) is 1. The van der Waals surface area contributed by atoms with Crippen LogP contribution in [0.4, 0.5) is 0 Å². The summed E-state index contributed by atoms with van der Waals surface area (Å²) in [6.45, 7) is 0. The van der Waals surface area contributed by atoms with E-state index < -0.39 is 0 Å². The number of likely N-dealkylation sites (N-methyl/N-ethyl adjacent to an activating group) is 1. The average molecular weight is 206 g/mol. The summed E-state index contributed by atoms with van der Waals surface area (Å²) in [5.41, 5.74) is 8.69. The first-order valence-electron chi connectivity index (χ1n) is 5.36. The molecule has 15 heavy (non-hydrogen) atoms. The van der Waals surface area contributed by atoms with E-state index in [1.54, 1.807) is 7.11 Å². The number of ether oxygens (including phenoxy) is 1. The highest BCUT2D eigenvalue weighted by atomic mass is 16.5. The third-order valence-corrected chi connectivity index (χ3v) is 3.19. The fourth-order valence-corrected chi connectivity index (χ4v) is 2.41. The maximum absolute atomic E-state index is 6.09. The van der Waals surface area contributed by atoms with Crippen molar-refractivity contribution in [1.29, 1.82) is 0 Å². The second kappa shape index (κ2) is 4.21. The number of benzene rings is 1. The first-order chi connectivity index (χ1) is 7.27. The predicted octanol–water partition coefficient (Wildman–Crippen LogP) is 1.23. The van der Waals surface area contributed by atoms with E-state index in [1.165, 1.54) is 11.1 Å². The Morgan fingerprint density at radius 3 is 2.93 bits per heavy atom. The number of fused-ring (bicyclic) bond motifs is 1. The SMILES string of the molecule is CNC1c2cccc(OC)c2CCC1N. The molecule has 0 fully saturated rings. The van der Waals surface area contributed by atoms with Gasteiger partial charge in [0.2, 0.25) is 0 Å². The topological polar surface area (TPSA) is 47.3 Å². The molecule has 0 amide bonds. The van der Waals surface area contributed by atoms with Crippen LogP contribution in [0, 0.1) is 0 Å². The van der Waals surface area contributed by atoms with Crippen LogP contribution in [0.15, 0.2) is 18.2 Å². The zero-order valence-electron chi connectivity index (χ0n) is 9.29. The van der Waals surface area contributed by atoms with Crippen LogP contribution in [0.2, 0.25) is 0 Å². The van der Waals surface area contributed by atoms with Crippen LogP contribution in [0.5, 0.6) is 5.75 Å². The van der Waals surface area contributed by atoms with Gasteiger partial charge in [-0.25, -0.2) is 0 Å². The first-order valence-corrected chi connectivity index (χ1v) is 5.36. The number of methoxy groups -OCH3 is 1. The van der Waals surface area contributed by atoms with Gasteiger partial charge in [0.1, 0.15) is 5.75 Å². The highest BCUT2D eigenvalue weighted by molar-refractivity contribution is 5.44. The minimum absolute atomic E-state index is 0.203. The molecule has 1 aromatic rings. The molecular weight excluding hydrogens is 188 g/mol. The van der Waals surface area contributed by atoms with Crippen molar-refractivity contribution in [1.82, 2.24) is 5.32 Å². The highest BCUT2D eigenvalue weighted by Gasteiger charge is 2.27. The van der Waals surface area contributed by atoms with Gasteiger partial charge in [0, 0.05) is 12.1 Å². The van der Waals surface area contributed by atoms with Crippen molar-refractivity contribution in [3.63, 3.8) is 0 Å². The summed E-state index contributed by atoms with van der Waals surface area (Å²) in [7, 11) is 3.68. The standard InChI is InChI=1S/C12H18N2O/c1-14-12-9-4-3-5-11(15-2)8(9)6-7-10(12)13/h3-5,10,12,14H,6-7,13H2,1-2H3. The second-order valence-electron chi connectivity index (χ2n) is 4.00. The van der Waals surface area contributed by atoms with E-state index in [1.807, 2.05) is 19.2 Å². The molecule has 0 aromatic heterocycles. The Labute approximate surface area is 90.6 Å². The monoisotopic (exact) mass is 206 g/mol. The van der Waals surface area contributed by atoms with E-state index in [-0.39, 0.29) is 12.1 Å². The zero-order chi connectivity index (χ0) is 10.8. The summed E-state index contributed by atoms with van der Waals surface area (Å²) in [6, 6.07) is 6.64. The molecule has 1 aromatic carbocycles. The Balaban J connectivity index is 2.45. The lowest BCUT2D eigenvalue weighted by atomic mass is 9.84. The largest absolute Gasteiger partial charge is 0.496 e. The molecule has 82 valence electrons. The lowest BCUT2D eigenvalue weighted by Crippen LogP contribution is -2.39. The predicted molar refractivity (Wildman–Crippen MR) is 61.1 cm³/mol. The molecule has 2 unspecified atom stereocenters. The Morgan fingerprint density at radius 1 is 1.47 bits per heavy atom. The number of nitrogens with one attached hydrogen (secondary N) is 1. The number of hydrogen-bond acceptors (Lipinski definition) is 3.